The highest BCUT2D eigenvalue weighted by atomic mass is 16.3. The van der Waals surface area contributed by atoms with E-state index in [0.29, 0.717) is 0 Å². The van der Waals surface area contributed by atoms with Crippen LogP contribution in [0.25, 0.3) is 0 Å². The molecule has 2 atom stereocenters. The minimum Gasteiger partial charge on any atom is -0.508 e. The van der Waals surface area contributed by atoms with E-state index in [1.165, 1.54) is 0 Å². The largest absolute Gasteiger partial charge is 0.508 e. The van der Waals surface area contributed by atoms with Crippen molar-refractivity contribution in [1.29, 1.82) is 0 Å². The lowest BCUT2D eigenvalue weighted by Gasteiger charge is -2.31. The highest BCUT2D eigenvalue weighted by Crippen LogP contribution is 2.39. The van der Waals surface area contributed by atoms with Crippen LogP contribution < -0.4 is 5.73 Å². The van der Waals surface area contributed by atoms with Crippen molar-refractivity contribution in [2.45, 2.75) is 32.9 Å². The smallest absolute Gasteiger partial charge is 0.127 e. The fourth-order valence-corrected chi connectivity index (χ4v) is 1.65. The number of aromatic hydroxyl groups is 3. The standard InChI is InChI=1S/C12H19NO4/c1-12(2,3)11(17)10(13)9-7(15)4-6(14)5-8(9)16/h4-5,10-11,14-17H,13H2,1-3H3/t10-,11-/m0/s1. The first-order chi connectivity index (χ1) is 7.64. The second-order valence-corrected chi connectivity index (χ2v) is 5.23. The molecule has 0 fully saturated rings. The molecule has 0 amide bonds. The molecule has 96 valence electrons. The third-order valence-corrected chi connectivity index (χ3v) is 2.68. The molecule has 0 aliphatic carbocycles. The van der Waals surface area contributed by atoms with Crippen LogP contribution in [0.1, 0.15) is 32.4 Å². The zero-order valence-corrected chi connectivity index (χ0v) is 10.2. The van der Waals surface area contributed by atoms with Gasteiger partial charge in [-0.05, 0) is 5.41 Å². The average molecular weight is 241 g/mol. The summed E-state index contributed by atoms with van der Waals surface area (Å²) < 4.78 is 0. The number of phenolic OH excluding ortho intramolecular Hbond substituents is 3. The van der Waals surface area contributed by atoms with Gasteiger partial charge in [0.2, 0.25) is 0 Å². The molecule has 0 aromatic heterocycles. The highest BCUT2D eigenvalue weighted by molar-refractivity contribution is 5.50. The van der Waals surface area contributed by atoms with Crippen LogP contribution in [-0.4, -0.2) is 26.5 Å². The zero-order valence-electron chi connectivity index (χ0n) is 10.2. The van der Waals surface area contributed by atoms with Gasteiger partial charge in [0.1, 0.15) is 17.2 Å². The molecule has 1 aromatic carbocycles. The molecule has 0 aliphatic rings. The number of nitrogens with two attached hydrogens (primary N) is 1. The predicted octanol–water partition coefficient (Wildman–Crippen LogP) is 1.21. The molecule has 1 rings (SSSR count). The molecule has 5 heteroatoms. The molecule has 5 nitrogen and oxygen atoms in total. The topological polar surface area (TPSA) is 107 Å². The summed E-state index contributed by atoms with van der Waals surface area (Å²) in [4.78, 5) is 0. The Kier molecular flexibility index (Phi) is 3.54. The van der Waals surface area contributed by atoms with Crippen molar-refractivity contribution >= 4 is 0 Å². The Balaban J connectivity index is 3.17. The summed E-state index contributed by atoms with van der Waals surface area (Å²) in [5, 5.41) is 38.5. The van der Waals surface area contributed by atoms with Crippen molar-refractivity contribution in [2.24, 2.45) is 11.1 Å². The molecular formula is C12H19NO4. The molecule has 0 unspecified atom stereocenters. The van der Waals surface area contributed by atoms with Gasteiger partial charge in [-0.1, -0.05) is 20.8 Å². The van der Waals surface area contributed by atoms with Crippen LogP contribution in [0.4, 0.5) is 0 Å². The second-order valence-electron chi connectivity index (χ2n) is 5.23. The number of aliphatic hydroxyl groups is 1. The minimum absolute atomic E-state index is 0.0326. The van der Waals surface area contributed by atoms with Crippen LogP contribution in [0, 0.1) is 5.41 Å². The van der Waals surface area contributed by atoms with Gasteiger partial charge in [0.25, 0.3) is 0 Å². The summed E-state index contributed by atoms with van der Waals surface area (Å²) in [6, 6.07) is 1.21. The number of rotatable bonds is 2. The second kappa shape index (κ2) is 4.43. The van der Waals surface area contributed by atoms with E-state index in [1.54, 1.807) is 20.8 Å². The number of hydrogen-bond donors (Lipinski definition) is 5. The lowest BCUT2D eigenvalue weighted by Crippen LogP contribution is -2.37. The molecule has 1 aromatic rings. The average Bonchev–Trinajstić information content (AvgIpc) is 2.13. The number of hydrogen-bond acceptors (Lipinski definition) is 5. The van der Waals surface area contributed by atoms with E-state index < -0.39 is 17.6 Å². The van der Waals surface area contributed by atoms with Gasteiger partial charge in [-0.2, -0.15) is 0 Å². The molecule has 0 radical (unpaired) electrons. The molecule has 6 N–H and O–H groups in total. The summed E-state index contributed by atoms with van der Waals surface area (Å²) in [5.74, 6) is -0.933. The Morgan fingerprint density at radius 3 is 1.82 bits per heavy atom. The third kappa shape index (κ3) is 2.81. The Hall–Kier alpha value is -1.46. The zero-order chi connectivity index (χ0) is 13.4. The Morgan fingerprint density at radius 2 is 1.47 bits per heavy atom. The van der Waals surface area contributed by atoms with Gasteiger partial charge in [0.05, 0.1) is 17.7 Å². The summed E-state index contributed by atoms with van der Waals surface area (Å²) >= 11 is 0. The van der Waals surface area contributed by atoms with Crippen LogP contribution in [0.3, 0.4) is 0 Å². The fraction of sp³-hybridized carbons (Fsp3) is 0.500. The van der Waals surface area contributed by atoms with Gasteiger partial charge in [-0.25, -0.2) is 0 Å². The number of benzene rings is 1. The van der Waals surface area contributed by atoms with Crippen molar-refractivity contribution in [2.75, 3.05) is 0 Å². The SMILES string of the molecule is CC(C)(C)[C@@H](O)[C@@H](N)c1c(O)cc(O)cc1O. The summed E-state index contributed by atoms with van der Waals surface area (Å²) in [6.45, 7) is 5.39. The first-order valence-corrected chi connectivity index (χ1v) is 5.33. The molecular weight excluding hydrogens is 222 g/mol. The van der Waals surface area contributed by atoms with Crippen molar-refractivity contribution < 1.29 is 20.4 Å². The van der Waals surface area contributed by atoms with Crippen molar-refractivity contribution in [3.63, 3.8) is 0 Å². The molecule has 0 spiro atoms. The quantitative estimate of drug-likeness (QED) is 0.535. The van der Waals surface area contributed by atoms with E-state index >= 15 is 0 Å². The first-order valence-electron chi connectivity index (χ1n) is 5.33. The van der Waals surface area contributed by atoms with E-state index in [4.69, 9.17) is 5.73 Å². The van der Waals surface area contributed by atoms with Gasteiger partial charge >= 0.3 is 0 Å². The fourth-order valence-electron chi connectivity index (χ4n) is 1.65. The van der Waals surface area contributed by atoms with Gasteiger partial charge in [-0.15, -0.1) is 0 Å². The Labute approximate surface area is 100 Å². The van der Waals surface area contributed by atoms with E-state index in [2.05, 4.69) is 0 Å². The lowest BCUT2D eigenvalue weighted by atomic mass is 9.82. The van der Waals surface area contributed by atoms with Crippen LogP contribution in [-0.2, 0) is 0 Å². The van der Waals surface area contributed by atoms with Crippen LogP contribution in [0.2, 0.25) is 0 Å². The van der Waals surface area contributed by atoms with Gasteiger partial charge < -0.3 is 26.2 Å². The molecule has 17 heavy (non-hydrogen) atoms. The van der Waals surface area contributed by atoms with E-state index in [-0.39, 0.29) is 22.8 Å². The molecule has 0 heterocycles. The van der Waals surface area contributed by atoms with Gasteiger partial charge in [-0.3, -0.25) is 0 Å². The number of aliphatic hydroxyl groups excluding tert-OH is 1. The van der Waals surface area contributed by atoms with Crippen molar-refractivity contribution in [1.82, 2.24) is 0 Å². The van der Waals surface area contributed by atoms with Crippen molar-refractivity contribution in [3.05, 3.63) is 17.7 Å². The minimum atomic E-state index is -0.941. The van der Waals surface area contributed by atoms with E-state index in [0.717, 1.165) is 12.1 Å². The maximum absolute atomic E-state index is 10.0. The van der Waals surface area contributed by atoms with E-state index in [9.17, 15) is 20.4 Å². The lowest BCUT2D eigenvalue weighted by molar-refractivity contribution is 0.0388. The first kappa shape index (κ1) is 13.6. The normalized spacial score (nSPS) is 15.6. The maximum Gasteiger partial charge on any atom is 0.127 e. The molecule has 0 aliphatic heterocycles. The van der Waals surface area contributed by atoms with Crippen LogP contribution >= 0.6 is 0 Å². The maximum atomic E-state index is 10.0. The van der Waals surface area contributed by atoms with E-state index in [1.807, 2.05) is 0 Å². The van der Waals surface area contributed by atoms with Crippen LogP contribution in [0.15, 0.2) is 12.1 Å². The van der Waals surface area contributed by atoms with Gasteiger partial charge in [0.15, 0.2) is 0 Å². The van der Waals surface area contributed by atoms with Gasteiger partial charge in [0, 0.05) is 12.1 Å². The van der Waals surface area contributed by atoms with Crippen LogP contribution in [0.5, 0.6) is 17.2 Å². The number of phenols is 3. The summed E-state index contributed by atoms with van der Waals surface area (Å²) in [5.41, 5.74) is 5.37. The third-order valence-electron chi connectivity index (χ3n) is 2.68. The predicted molar refractivity (Wildman–Crippen MR) is 63.8 cm³/mol. The summed E-state index contributed by atoms with van der Waals surface area (Å²) in [6.07, 6.45) is -0.941. The summed E-state index contributed by atoms with van der Waals surface area (Å²) in [7, 11) is 0. The molecule has 0 saturated carbocycles. The highest BCUT2D eigenvalue weighted by Gasteiger charge is 2.32. The Morgan fingerprint density at radius 1 is 1.06 bits per heavy atom. The van der Waals surface area contributed by atoms with Crippen molar-refractivity contribution in [3.8, 4) is 17.2 Å². The molecule has 0 saturated heterocycles. The Bertz CT molecular complexity index is 388. The molecule has 0 bridgehead atoms. The monoisotopic (exact) mass is 241 g/mol.